The van der Waals surface area contributed by atoms with E-state index in [1.165, 1.54) is 11.1 Å². The zero-order valence-electron chi connectivity index (χ0n) is 12.0. The highest BCUT2D eigenvalue weighted by molar-refractivity contribution is 5.62. The lowest BCUT2D eigenvalue weighted by Crippen LogP contribution is -2.06. The SMILES string of the molecule is Cc1ccc(C(C)Nc2cccc(-c3nn[nH]n3)c2)cc1. The highest BCUT2D eigenvalue weighted by Crippen LogP contribution is 2.23. The summed E-state index contributed by atoms with van der Waals surface area (Å²) >= 11 is 0. The quantitative estimate of drug-likeness (QED) is 0.768. The number of H-pyrrole nitrogens is 1. The van der Waals surface area contributed by atoms with E-state index < -0.39 is 0 Å². The van der Waals surface area contributed by atoms with E-state index in [4.69, 9.17) is 0 Å². The van der Waals surface area contributed by atoms with Gasteiger partial charge in [0, 0.05) is 17.3 Å². The normalized spacial score (nSPS) is 12.1. The first-order valence-corrected chi connectivity index (χ1v) is 6.89. The standard InChI is InChI=1S/C16H17N5/c1-11-6-8-13(9-7-11)12(2)17-15-5-3-4-14(10-15)16-18-20-21-19-16/h3-10,12,17H,1-2H3,(H,18,19,20,21). The number of benzene rings is 2. The van der Waals surface area contributed by atoms with Crippen LogP contribution in [0.15, 0.2) is 48.5 Å². The molecule has 0 radical (unpaired) electrons. The van der Waals surface area contributed by atoms with Crippen molar-refractivity contribution in [2.75, 3.05) is 5.32 Å². The summed E-state index contributed by atoms with van der Waals surface area (Å²) in [5, 5.41) is 17.6. The molecule has 1 aromatic heterocycles. The van der Waals surface area contributed by atoms with E-state index in [1.54, 1.807) is 0 Å². The summed E-state index contributed by atoms with van der Waals surface area (Å²) in [6.07, 6.45) is 0. The van der Waals surface area contributed by atoms with Crippen LogP contribution in [0, 0.1) is 6.92 Å². The average Bonchev–Trinajstić information content (AvgIpc) is 3.02. The molecule has 106 valence electrons. The molecule has 1 unspecified atom stereocenters. The molecule has 1 atom stereocenters. The second-order valence-electron chi connectivity index (χ2n) is 5.09. The van der Waals surface area contributed by atoms with Gasteiger partial charge in [-0.25, -0.2) is 0 Å². The van der Waals surface area contributed by atoms with E-state index in [0.717, 1.165) is 11.3 Å². The number of anilines is 1. The average molecular weight is 279 g/mol. The topological polar surface area (TPSA) is 66.5 Å². The van der Waals surface area contributed by atoms with Gasteiger partial charge >= 0.3 is 0 Å². The van der Waals surface area contributed by atoms with Crippen LogP contribution in [0.25, 0.3) is 11.4 Å². The molecule has 0 saturated carbocycles. The summed E-state index contributed by atoms with van der Waals surface area (Å²) < 4.78 is 0. The van der Waals surface area contributed by atoms with Gasteiger partial charge in [0.25, 0.3) is 0 Å². The van der Waals surface area contributed by atoms with E-state index in [0.29, 0.717) is 5.82 Å². The van der Waals surface area contributed by atoms with Gasteiger partial charge in [-0.3, -0.25) is 0 Å². The van der Waals surface area contributed by atoms with Crippen molar-refractivity contribution in [3.63, 3.8) is 0 Å². The Hall–Kier alpha value is -2.69. The number of aromatic amines is 1. The number of nitrogens with one attached hydrogen (secondary N) is 2. The van der Waals surface area contributed by atoms with Gasteiger partial charge in [-0.1, -0.05) is 42.0 Å². The molecule has 0 aliphatic heterocycles. The largest absolute Gasteiger partial charge is 0.379 e. The zero-order chi connectivity index (χ0) is 14.7. The van der Waals surface area contributed by atoms with Crippen molar-refractivity contribution in [2.45, 2.75) is 19.9 Å². The number of hydrogen-bond acceptors (Lipinski definition) is 4. The number of aromatic nitrogens is 4. The Morgan fingerprint density at radius 3 is 2.62 bits per heavy atom. The molecule has 0 spiro atoms. The Kier molecular flexibility index (Phi) is 3.64. The van der Waals surface area contributed by atoms with Crippen molar-refractivity contribution in [3.05, 3.63) is 59.7 Å². The Bertz CT molecular complexity index is 704. The lowest BCUT2D eigenvalue weighted by molar-refractivity contribution is 0.881. The summed E-state index contributed by atoms with van der Waals surface area (Å²) in [6, 6.07) is 16.8. The zero-order valence-corrected chi connectivity index (χ0v) is 12.0. The molecule has 2 aromatic carbocycles. The minimum absolute atomic E-state index is 0.228. The number of nitrogens with zero attached hydrogens (tertiary/aromatic N) is 3. The Morgan fingerprint density at radius 1 is 1.10 bits per heavy atom. The fourth-order valence-corrected chi connectivity index (χ4v) is 2.22. The van der Waals surface area contributed by atoms with Crippen molar-refractivity contribution >= 4 is 5.69 Å². The first-order valence-electron chi connectivity index (χ1n) is 6.89. The van der Waals surface area contributed by atoms with Gasteiger partial charge in [-0.15, -0.1) is 10.2 Å². The van der Waals surface area contributed by atoms with Crippen molar-refractivity contribution in [1.82, 2.24) is 20.6 Å². The molecule has 21 heavy (non-hydrogen) atoms. The van der Waals surface area contributed by atoms with Gasteiger partial charge < -0.3 is 5.32 Å². The van der Waals surface area contributed by atoms with Crippen LogP contribution in [0.4, 0.5) is 5.69 Å². The second kappa shape index (κ2) is 5.75. The van der Waals surface area contributed by atoms with E-state index in [2.05, 4.69) is 64.1 Å². The summed E-state index contributed by atoms with van der Waals surface area (Å²) in [7, 11) is 0. The van der Waals surface area contributed by atoms with Gasteiger partial charge in [-0.2, -0.15) is 5.21 Å². The highest BCUT2D eigenvalue weighted by Gasteiger charge is 2.07. The predicted octanol–water partition coefficient (Wildman–Crippen LogP) is 3.35. The van der Waals surface area contributed by atoms with Crippen LogP contribution in [-0.2, 0) is 0 Å². The molecular formula is C16H17N5. The van der Waals surface area contributed by atoms with Crippen LogP contribution in [0.2, 0.25) is 0 Å². The summed E-state index contributed by atoms with van der Waals surface area (Å²) in [4.78, 5) is 0. The molecule has 0 bridgehead atoms. The van der Waals surface area contributed by atoms with Gasteiger partial charge in [0.2, 0.25) is 5.82 Å². The highest BCUT2D eigenvalue weighted by atomic mass is 15.5. The van der Waals surface area contributed by atoms with Crippen LogP contribution >= 0.6 is 0 Å². The van der Waals surface area contributed by atoms with Crippen molar-refractivity contribution in [2.24, 2.45) is 0 Å². The fraction of sp³-hybridized carbons (Fsp3) is 0.188. The van der Waals surface area contributed by atoms with Crippen LogP contribution < -0.4 is 5.32 Å². The van der Waals surface area contributed by atoms with Crippen LogP contribution in [0.3, 0.4) is 0 Å². The smallest absolute Gasteiger partial charge is 0.204 e. The fourth-order valence-electron chi connectivity index (χ4n) is 2.22. The predicted molar refractivity (Wildman–Crippen MR) is 82.8 cm³/mol. The minimum Gasteiger partial charge on any atom is -0.379 e. The number of aryl methyl sites for hydroxylation is 1. The monoisotopic (exact) mass is 279 g/mol. The maximum absolute atomic E-state index is 4.00. The Labute approximate surface area is 123 Å². The molecule has 0 saturated heterocycles. The van der Waals surface area contributed by atoms with Crippen molar-refractivity contribution in [1.29, 1.82) is 0 Å². The molecule has 0 aliphatic carbocycles. The first kappa shape index (κ1) is 13.3. The Morgan fingerprint density at radius 2 is 1.90 bits per heavy atom. The van der Waals surface area contributed by atoms with Gasteiger partial charge in [0.1, 0.15) is 0 Å². The summed E-state index contributed by atoms with van der Waals surface area (Å²) in [6.45, 7) is 4.24. The number of hydrogen-bond donors (Lipinski definition) is 2. The number of rotatable bonds is 4. The molecule has 0 aliphatic rings. The van der Waals surface area contributed by atoms with E-state index >= 15 is 0 Å². The van der Waals surface area contributed by atoms with E-state index in [-0.39, 0.29) is 6.04 Å². The third-order valence-corrected chi connectivity index (χ3v) is 3.43. The lowest BCUT2D eigenvalue weighted by atomic mass is 10.1. The maximum Gasteiger partial charge on any atom is 0.204 e. The molecule has 0 fully saturated rings. The van der Waals surface area contributed by atoms with E-state index in [9.17, 15) is 0 Å². The van der Waals surface area contributed by atoms with Gasteiger partial charge in [0.05, 0.1) is 0 Å². The maximum atomic E-state index is 4.00. The van der Waals surface area contributed by atoms with Gasteiger partial charge in [-0.05, 0) is 36.8 Å². The molecule has 5 nitrogen and oxygen atoms in total. The van der Waals surface area contributed by atoms with Crippen LogP contribution in [-0.4, -0.2) is 20.6 Å². The molecular weight excluding hydrogens is 262 g/mol. The number of tetrazole rings is 1. The van der Waals surface area contributed by atoms with Crippen LogP contribution in [0.5, 0.6) is 0 Å². The molecule has 5 heteroatoms. The van der Waals surface area contributed by atoms with Gasteiger partial charge in [0.15, 0.2) is 0 Å². The summed E-state index contributed by atoms with van der Waals surface area (Å²) in [5.41, 5.74) is 4.49. The molecule has 0 amide bonds. The van der Waals surface area contributed by atoms with E-state index in [1.807, 2.05) is 24.3 Å². The van der Waals surface area contributed by atoms with Crippen molar-refractivity contribution < 1.29 is 0 Å². The third-order valence-electron chi connectivity index (χ3n) is 3.43. The molecule has 3 rings (SSSR count). The Balaban J connectivity index is 1.78. The molecule has 1 heterocycles. The lowest BCUT2D eigenvalue weighted by Gasteiger charge is -2.16. The van der Waals surface area contributed by atoms with Crippen LogP contribution in [0.1, 0.15) is 24.1 Å². The second-order valence-corrected chi connectivity index (χ2v) is 5.09. The first-order chi connectivity index (χ1) is 10.2. The third kappa shape index (κ3) is 3.08. The molecule has 3 aromatic rings. The summed E-state index contributed by atoms with van der Waals surface area (Å²) in [5.74, 6) is 0.599. The van der Waals surface area contributed by atoms with Crippen molar-refractivity contribution in [3.8, 4) is 11.4 Å². The minimum atomic E-state index is 0.228. The molecule has 2 N–H and O–H groups in total.